The summed E-state index contributed by atoms with van der Waals surface area (Å²) in [5, 5.41) is 9.39. The SMILES string of the molecule is COC(=O)c1cccc(Cn2ccnc2-c2ccc(O)cc2)c1. The van der Waals surface area contributed by atoms with Crippen LogP contribution in [0.25, 0.3) is 11.4 Å². The Hall–Kier alpha value is -3.08. The van der Waals surface area contributed by atoms with Gasteiger partial charge in [0.15, 0.2) is 0 Å². The lowest BCUT2D eigenvalue weighted by molar-refractivity contribution is 0.0600. The molecule has 0 radical (unpaired) electrons. The van der Waals surface area contributed by atoms with Crippen molar-refractivity contribution in [2.75, 3.05) is 7.11 Å². The van der Waals surface area contributed by atoms with Crippen molar-refractivity contribution in [3.05, 3.63) is 72.1 Å². The zero-order chi connectivity index (χ0) is 16.2. The van der Waals surface area contributed by atoms with Gasteiger partial charge in [0.05, 0.1) is 12.7 Å². The van der Waals surface area contributed by atoms with Gasteiger partial charge in [-0.1, -0.05) is 12.1 Å². The van der Waals surface area contributed by atoms with Crippen molar-refractivity contribution in [2.45, 2.75) is 6.54 Å². The molecule has 1 heterocycles. The van der Waals surface area contributed by atoms with E-state index in [0.29, 0.717) is 12.1 Å². The highest BCUT2D eigenvalue weighted by Gasteiger charge is 2.09. The van der Waals surface area contributed by atoms with Crippen molar-refractivity contribution in [3.63, 3.8) is 0 Å². The summed E-state index contributed by atoms with van der Waals surface area (Å²) in [6.45, 7) is 0.584. The van der Waals surface area contributed by atoms with Crippen LogP contribution < -0.4 is 0 Å². The number of phenols is 1. The number of carbonyl (C=O) groups is 1. The fourth-order valence-corrected chi connectivity index (χ4v) is 2.42. The number of hydrogen-bond donors (Lipinski definition) is 1. The molecule has 0 saturated carbocycles. The average Bonchev–Trinajstić information content (AvgIpc) is 3.03. The van der Waals surface area contributed by atoms with Crippen LogP contribution in [0.5, 0.6) is 5.75 Å². The Morgan fingerprint density at radius 1 is 1.22 bits per heavy atom. The minimum absolute atomic E-state index is 0.220. The number of aromatic nitrogens is 2. The van der Waals surface area contributed by atoms with Crippen molar-refractivity contribution in [2.24, 2.45) is 0 Å². The second-order valence-corrected chi connectivity index (χ2v) is 5.12. The minimum atomic E-state index is -0.351. The van der Waals surface area contributed by atoms with Crippen LogP contribution >= 0.6 is 0 Å². The van der Waals surface area contributed by atoms with Gasteiger partial charge in [-0.25, -0.2) is 9.78 Å². The zero-order valence-electron chi connectivity index (χ0n) is 12.6. The first-order chi connectivity index (χ1) is 11.2. The molecule has 23 heavy (non-hydrogen) atoms. The van der Waals surface area contributed by atoms with Crippen molar-refractivity contribution in [3.8, 4) is 17.1 Å². The quantitative estimate of drug-likeness (QED) is 0.752. The molecule has 1 N–H and O–H groups in total. The first-order valence-corrected chi connectivity index (χ1v) is 7.15. The molecular formula is C18H16N2O3. The number of esters is 1. The van der Waals surface area contributed by atoms with Gasteiger partial charge in [-0.3, -0.25) is 0 Å². The van der Waals surface area contributed by atoms with E-state index in [0.717, 1.165) is 17.0 Å². The van der Waals surface area contributed by atoms with Crippen molar-refractivity contribution >= 4 is 5.97 Å². The van der Waals surface area contributed by atoms with Gasteiger partial charge in [-0.15, -0.1) is 0 Å². The maximum Gasteiger partial charge on any atom is 0.337 e. The van der Waals surface area contributed by atoms with Crippen LogP contribution in [0.2, 0.25) is 0 Å². The van der Waals surface area contributed by atoms with Gasteiger partial charge in [0.1, 0.15) is 11.6 Å². The Labute approximate surface area is 133 Å². The highest BCUT2D eigenvalue weighted by atomic mass is 16.5. The smallest absolute Gasteiger partial charge is 0.337 e. The van der Waals surface area contributed by atoms with E-state index >= 15 is 0 Å². The van der Waals surface area contributed by atoms with Crippen molar-refractivity contribution < 1.29 is 14.6 Å². The topological polar surface area (TPSA) is 64.4 Å². The first kappa shape index (κ1) is 14.8. The lowest BCUT2D eigenvalue weighted by Crippen LogP contribution is -2.05. The number of imidazole rings is 1. The maximum absolute atomic E-state index is 11.6. The minimum Gasteiger partial charge on any atom is -0.508 e. The zero-order valence-corrected chi connectivity index (χ0v) is 12.6. The van der Waals surface area contributed by atoms with Crippen LogP contribution in [0.4, 0.5) is 0 Å². The second kappa shape index (κ2) is 6.36. The molecule has 0 spiro atoms. The van der Waals surface area contributed by atoms with Gasteiger partial charge in [0, 0.05) is 24.5 Å². The second-order valence-electron chi connectivity index (χ2n) is 5.12. The van der Waals surface area contributed by atoms with E-state index in [1.54, 1.807) is 24.4 Å². The Kier molecular flexibility index (Phi) is 4.10. The number of phenolic OH excluding ortho intramolecular Hbond substituents is 1. The van der Waals surface area contributed by atoms with Crippen LogP contribution in [0.1, 0.15) is 15.9 Å². The fraction of sp³-hybridized carbons (Fsp3) is 0.111. The number of carbonyl (C=O) groups excluding carboxylic acids is 1. The Bertz CT molecular complexity index is 822. The third-order valence-corrected chi connectivity index (χ3v) is 3.54. The van der Waals surface area contributed by atoms with E-state index in [9.17, 15) is 9.90 Å². The Morgan fingerprint density at radius 3 is 2.74 bits per heavy atom. The van der Waals surface area contributed by atoms with Crippen LogP contribution in [0.3, 0.4) is 0 Å². The fourth-order valence-electron chi connectivity index (χ4n) is 2.42. The summed E-state index contributed by atoms with van der Waals surface area (Å²) in [7, 11) is 1.37. The number of nitrogens with zero attached hydrogens (tertiary/aromatic N) is 2. The molecule has 5 heteroatoms. The highest BCUT2D eigenvalue weighted by Crippen LogP contribution is 2.21. The largest absolute Gasteiger partial charge is 0.508 e. The molecule has 3 aromatic rings. The molecule has 3 rings (SSSR count). The normalized spacial score (nSPS) is 10.5. The molecule has 0 unspecified atom stereocenters. The summed E-state index contributed by atoms with van der Waals surface area (Å²) < 4.78 is 6.74. The monoisotopic (exact) mass is 308 g/mol. The molecule has 0 aliphatic heterocycles. The lowest BCUT2D eigenvalue weighted by atomic mass is 10.1. The van der Waals surface area contributed by atoms with Crippen LogP contribution in [0, 0.1) is 0 Å². The molecule has 0 atom stereocenters. The van der Waals surface area contributed by atoms with E-state index in [2.05, 4.69) is 4.98 Å². The first-order valence-electron chi connectivity index (χ1n) is 7.15. The molecule has 1 aromatic heterocycles. The van der Waals surface area contributed by atoms with E-state index in [-0.39, 0.29) is 11.7 Å². The van der Waals surface area contributed by atoms with Gasteiger partial charge >= 0.3 is 5.97 Å². The number of aromatic hydroxyl groups is 1. The van der Waals surface area contributed by atoms with E-state index in [1.165, 1.54) is 7.11 Å². The molecule has 0 bridgehead atoms. The predicted octanol–water partition coefficient (Wildman–Crippen LogP) is 3.09. The van der Waals surface area contributed by atoms with Gasteiger partial charge in [-0.2, -0.15) is 0 Å². The van der Waals surface area contributed by atoms with Crippen LogP contribution in [0.15, 0.2) is 60.9 Å². The Balaban J connectivity index is 1.89. The number of ether oxygens (including phenoxy) is 1. The molecule has 0 aliphatic carbocycles. The predicted molar refractivity (Wildman–Crippen MR) is 86.2 cm³/mol. The molecular weight excluding hydrogens is 292 g/mol. The van der Waals surface area contributed by atoms with E-state index in [1.807, 2.05) is 41.1 Å². The van der Waals surface area contributed by atoms with Gasteiger partial charge < -0.3 is 14.4 Å². The lowest BCUT2D eigenvalue weighted by Gasteiger charge is -2.09. The van der Waals surface area contributed by atoms with Crippen molar-refractivity contribution in [1.29, 1.82) is 0 Å². The van der Waals surface area contributed by atoms with Crippen LogP contribution in [-0.2, 0) is 11.3 Å². The molecule has 2 aromatic carbocycles. The summed E-state index contributed by atoms with van der Waals surface area (Å²) in [5.74, 6) is 0.669. The number of methoxy groups -OCH3 is 1. The molecule has 116 valence electrons. The van der Waals surface area contributed by atoms with Crippen molar-refractivity contribution in [1.82, 2.24) is 9.55 Å². The number of hydrogen-bond acceptors (Lipinski definition) is 4. The number of rotatable bonds is 4. The third kappa shape index (κ3) is 3.23. The molecule has 5 nitrogen and oxygen atoms in total. The standard InChI is InChI=1S/C18H16N2O3/c1-23-18(22)15-4-2-3-13(11-15)12-20-10-9-19-17(20)14-5-7-16(21)8-6-14/h2-11,21H,12H2,1H3. The molecule has 0 saturated heterocycles. The summed E-state index contributed by atoms with van der Waals surface area (Å²) >= 11 is 0. The molecule has 0 amide bonds. The molecule has 0 aliphatic rings. The van der Waals surface area contributed by atoms with Gasteiger partial charge in [0.25, 0.3) is 0 Å². The highest BCUT2D eigenvalue weighted by molar-refractivity contribution is 5.89. The van der Waals surface area contributed by atoms with Crippen LogP contribution in [-0.4, -0.2) is 27.7 Å². The summed E-state index contributed by atoms with van der Waals surface area (Å²) in [6.07, 6.45) is 3.61. The summed E-state index contributed by atoms with van der Waals surface area (Å²) in [5.41, 5.74) is 2.42. The Morgan fingerprint density at radius 2 is 2.00 bits per heavy atom. The maximum atomic E-state index is 11.6. The summed E-state index contributed by atoms with van der Waals surface area (Å²) in [6, 6.07) is 14.2. The summed E-state index contributed by atoms with van der Waals surface area (Å²) in [4.78, 5) is 16.0. The van der Waals surface area contributed by atoms with Gasteiger partial charge in [0.2, 0.25) is 0 Å². The van der Waals surface area contributed by atoms with E-state index < -0.39 is 0 Å². The third-order valence-electron chi connectivity index (χ3n) is 3.54. The number of benzene rings is 2. The average molecular weight is 308 g/mol. The van der Waals surface area contributed by atoms with E-state index in [4.69, 9.17) is 4.74 Å². The molecule has 0 fully saturated rings. The van der Waals surface area contributed by atoms with Gasteiger partial charge in [-0.05, 0) is 42.0 Å².